The Bertz CT molecular complexity index is 1020. The molecule has 0 spiro atoms. The van der Waals surface area contributed by atoms with Crippen molar-refractivity contribution in [1.29, 1.82) is 0 Å². The number of carbonyl (C=O) groups is 1. The number of nitrogens with one attached hydrogen (secondary N) is 1. The standard InChI is InChI=1S/C19H14Cl2N2O4S/c20-12-2-4-15(13(21)8-12)27-9-18(24)23-19-22-14(10-28-19)11-1-3-16-17(7-11)26-6-5-25-16/h1-4,7-8,10H,5-6,9H2,(H,22,23,24). The zero-order valence-corrected chi connectivity index (χ0v) is 16.7. The fourth-order valence-electron chi connectivity index (χ4n) is 2.56. The first kappa shape index (κ1) is 18.9. The van der Waals surface area contributed by atoms with Crippen LogP contribution in [0.15, 0.2) is 41.8 Å². The second-order valence-electron chi connectivity index (χ2n) is 5.81. The normalized spacial score (nSPS) is 12.5. The van der Waals surface area contributed by atoms with E-state index >= 15 is 0 Å². The van der Waals surface area contributed by atoms with Crippen LogP contribution in [0.2, 0.25) is 10.0 Å². The maximum atomic E-state index is 12.1. The molecule has 0 saturated heterocycles. The molecule has 1 N–H and O–H groups in total. The number of ether oxygens (including phenoxy) is 3. The second-order valence-corrected chi connectivity index (χ2v) is 7.51. The quantitative estimate of drug-likeness (QED) is 0.615. The van der Waals surface area contributed by atoms with Gasteiger partial charge in [-0.05, 0) is 36.4 Å². The van der Waals surface area contributed by atoms with E-state index in [9.17, 15) is 4.79 Å². The van der Waals surface area contributed by atoms with Crippen LogP contribution in [0.4, 0.5) is 5.13 Å². The van der Waals surface area contributed by atoms with E-state index in [1.54, 1.807) is 18.2 Å². The van der Waals surface area contributed by atoms with Crippen LogP contribution in [0.5, 0.6) is 17.2 Å². The summed E-state index contributed by atoms with van der Waals surface area (Å²) in [6.45, 7) is 0.870. The number of hydrogen-bond acceptors (Lipinski definition) is 6. The highest BCUT2D eigenvalue weighted by Crippen LogP contribution is 2.35. The third-order valence-electron chi connectivity index (χ3n) is 3.84. The predicted octanol–water partition coefficient (Wildman–Crippen LogP) is 4.91. The van der Waals surface area contributed by atoms with Gasteiger partial charge in [0, 0.05) is 16.0 Å². The van der Waals surface area contributed by atoms with Gasteiger partial charge >= 0.3 is 0 Å². The van der Waals surface area contributed by atoms with Gasteiger partial charge in [-0.25, -0.2) is 4.98 Å². The zero-order chi connectivity index (χ0) is 19.5. The molecule has 144 valence electrons. The molecular weight excluding hydrogens is 423 g/mol. The van der Waals surface area contributed by atoms with Crippen molar-refractivity contribution >= 4 is 45.6 Å². The number of aromatic nitrogens is 1. The van der Waals surface area contributed by atoms with E-state index in [-0.39, 0.29) is 12.5 Å². The van der Waals surface area contributed by atoms with Gasteiger partial charge in [0.1, 0.15) is 19.0 Å². The van der Waals surface area contributed by atoms with Crippen molar-refractivity contribution in [2.45, 2.75) is 0 Å². The third kappa shape index (κ3) is 4.32. The van der Waals surface area contributed by atoms with E-state index in [1.165, 1.54) is 11.3 Å². The fourth-order valence-corrected chi connectivity index (χ4v) is 3.76. The summed E-state index contributed by atoms with van der Waals surface area (Å²) in [7, 11) is 0. The molecule has 0 fully saturated rings. The minimum Gasteiger partial charge on any atom is -0.486 e. The highest BCUT2D eigenvalue weighted by Gasteiger charge is 2.15. The van der Waals surface area contributed by atoms with Gasteiger partial charge in [0.15, 0.2) is 23.2 Å². The molecule has 1 aromatic heterocycles. The molecule has 2 aromatic carbocycles. The highest BCUT2D eigenvalue weighted by molar-refractivity contribution is 7.14. The van der Waals surface area contributed by atoms with Crippen molar-refractivity contribution in [2.24, 2.45) is 0 Å². The molecule has 28 heavy (non-hydrogen) atoms. The third-order valence-corrected chi connectivity index (χ3v) is 5.13. The molecule has 6 nitrogen and oxygen atoms in total. The lowest BCUT2D eigenvalue weighted by molar-refractivity contribution is -0.118. The topological polar surface area (TPSA) is 69.7 Å². The summed E-state index contributed by atoms with van der Waals surface area (Å²) in [4.78, 5) is 16.6. The van der Waals surface area contributed by atoms with Gasteiger partial charge in [-0.2, -0.15) is 0 Å². The monoisotopic (exact) mass is 436 g/mol. The number of benzene rings is 2. The maximum Gasteiger partial charge on any atom is 0.264 e. The number of rotatable bonds is 5. The van der Waals surface area contributed by atoms with Crippen LogP contribution in [-0.4, -0.2) is 30.7 Å². The summed E-state index contributed by atoms with van der Waals surface area (Å²) in [5.41, 5.74) is 1.61. The van der Waals surface area contributed by atoms with Gasteiger partial charge in [0.2, 0.25) is 0 Å². The number of amides is 1. The Labute approximate surface area is 175 Å². The van der Waals surface area contributed by atoms with E-state index in [2.05, 4.69) is 10.3 Å². The molecule has 0 radical (unpaired) electrons. The molecule has 0 bridgehead atoms. The predicted molar refractivity (Wildman–Crippen MR) is 109 cm³/mol. The lowest BCUT2D eigenvalue weighted by Gasteiger charge is -2.18. The highest BCUT2D eigenvalue weighted by atomic mass is 35.5. The van der Waals surface area contributed by atoms with Crippen molar-refractivity contribution in [1.82, 2.24) is 4.98 Å². The van der Waals surface area contributed by atoms with Crippen LogP contribution < -0.4 is 19.5 Å². The molecule has 4 rings (SSSR count). The van der Waals surface area contributed by atoms with Crippen molar-refractivity contribution in [3.8, 4) is 28.5 Å². The van der Waals surface area contributed by atoms with E-state index in [0.29, 0.717) is 39.9 Å². The van der Waals surface area contributed by atoms with Crippen molar-refractivity contribution in [3.05, 3.63) is 51.8 Å². The number of nitrogens with zero attached hydrogens (tertiary/aromatic N) is 1. The van der Waals surface area contributed by atoms with Gasteiger partial charge in [0.25, 0.3) is 5.91 Å². The molecule has 3 aromatic rings. The zero-order valence-electron chi connectivity index (χ0n) is 14.4. The van der Waals surface area contributed by atoms with Crippen LogP contribution in [0.3, 0.4) is 0 Å². The average Bonchev–Trinajstić information content (AvgIpc) is 3.15. The number of fused-ring (bicyclic) bond motifs is 1. The number of carbonyl (C=O) groups excluding carboxylic acids is 1. The molecule has 1 aliphatic heterocycles. The SMILES string of the molecule is O=C(COc1ccc(Cl)cc1Cl)Nc1nc(-c2ccc3c(c2)OCCO3)cs1. The van der Waals surface area contributed by atoms with E-state index in [0.717, 1.165) is 17.0 Å². The lowest BCUT2D eigenvalue weighted by Crippen LogP contribution is -2.20. The Morgan fingerprint density at radius 3 is 2.79 bits per heavy atom. The Morgan fingerprint density at radius 2 is 1.96 bits per heavy atom. The smallest absolute Gasteiger partial charge is 0.264 e. The summed E-state index contributed by atoms with van der Waals surface area (Å²) in [5, 5.41) is 5.89. The van der Waals surface area contributed by atoms with E-state index < -0.39 is 0 Å². The summed E-state index contributed by atoms with van der Waals surface area (Å²) < 4.78 is 16.5. The molecule has 9 heteroatoms. The van der Waals surface area contributed by atoms with Gasteiger partial charge in [0.05, 0.1) is 10.7 Å². The maximum absolute atomic E-state index is 12.1. The Kier molecular flexibility index (Phi) is 5.57. The molecule has 0 atom stereocenters. The number of thiazole rings is 1. The Morgan fingerprint density at radius 1 is 1.14 bits per heavy atom. The summed E-state index contributed by atoms with van der Waals surface area (Å²) >= 11 is 13.2. The lowest BCUT2D eigenvalue weighted by atomic mass is 10.1. The van der Waals surface area contributed by atoms with Crippen LogP contribution >= 0.6 is 34.5 Å². The second kappa shape index (κ2) is 8.26. The summed E-state index contributed by atoms with van der Waals surface area (Å²) in [5.74, 6) is 1.46. The molecule has 1 aliphatic rings. The van der Waals surface area contributed by atoms with E-state index in [4.69, 9.17) is 37.4 Å². The van der Waals surface area contributed by atoms with Crippen molar-refractivity contribution in [2.75, 3.05) is 25.1 Å². The van der Waals surface area contributed by atoms with Crippen LogP contribution in [0, 0.1) is 0 Å². The minimum atomic E-state index is -0.339. The van der Waals surface area contributed by atoms with Crippen LogP contribution in [0.1, 0.15) is 0 Å². The van der Waals surface area contributed by atoms with Crippen molar-refractivity contribution in [3.63, 3.8) is 0 Å². The first-order valence-electron chi connectivity index (χ1n) is 8.32. The minimum absolute atomic E-state index is 0.194. The van der Waals surface area contributed by atoms with Crippen molar-refractivity contribution < 1.29 is 19.0 Å². The fraction of sp³-hybridized carbons (Fsp3) is 0.158. The first-order chi connectivity index (χ1) is 13.6. The van der Waals surface area contributed by atoms with Gasteiger partial charge in [-0.15, -0.1) is 11.3 Å². The van der Waals surface area contributed by atoms with Gasteiger partial charge < -0.3 is 14.2 Å². The molecule has 0 unspecified atom stereocenters. The molecule has 1 amide bonds. The largest absolute Gasteiger partial charge is 0.486 e. The average molecular weight is 437 g/mol. The molecule has 0 aliphatic carbocycles. The summed E-state index contributed by atoms with van der Waals surface area (Å²) in [6.07, 6.45) is 0. The van der Waals surface area contributed by atoms with Gasteiger partial charge in [-0.3, -0.25) is 10.1 Å². The van der Waals surface area contributed by atoms with Crippen LogP contribution in [-0.2, 0) is 4.79 Å². The number of halogens is 2. The van der Waals surface area contributed by atoms with Gasteiger partial charge in [-0.1, -0.05) is 23.2 Å². The molecule has 2 heterocycles. The van der Waals surface area contributed by atoms with Crippen LogP contribution in [0.25, 0.3) is 11.3 Å². The summed E-state index contributed by atoms with van der Waals surface area (Å²) in [6, 6.07) is 10.4. The molecule has 0 saturated carbocycles. The number of anilines is 1. The first-order valence-corrected chi connectivity index (χ1v) is 9.95. The molecular formula is C19H14Cl2N2O4S. The number of hydrogen-bond donors (Lipinski definition) is 1. The Hall–Kier alpha value is -2.48. The Balaban J connectivity index is 1.38. The van der Waals surface area contributed by atoms with E-state index in [1.807, 2.05) is 23.6 Å².